The second kappa shape index (κ2) is 7.22. The summed E-state index contributed by atoms with van der Waals surface area (Å²) < 4.78 is 21.3. The third-order valence-corrected chi connectivity index (χ3v) is 5.23. The highest BCUT2D eigenvalue weighted by molar-refractivity contribution is 6.31. The Morgan fingerprint density at radius 2 is 1.85 bits per heavy atom. The average molecular weight is 392 g/mol. The zero-order valence-electron chi connectivity index (χ0n) is 14.3. The smallest absolute Gasteiger partial charge is 0.162 e. The van der Waals surface area contributed by atoms with Crippen LogP contribution in [0, 0.1) is 5.82 Å². The molecule has 1 aromatic heterocycles. The number of halogens is 2. The minimum Gasteiger partial charge on any atom is -0.388 e. The molecule has 2 aromatic carbocycles. The summed E-state index contributed by atoms with van der Waals surface area (Å²) in [6, 6.07) is 12.6. The molecule has 27 heavy (non-hydrogen) atoms. The van der Waals surface area contributed by atoms with Gasteiger partial charge < -0.3 is 24.6 Å². The molecule has 0 aliphatic carbocycles. The van der Waals surface area contributed by atoms with E-state index < -0.39 is 30.4 Å². The Balaban J connectivity index is 1.82. The first-order chi connectivity index (χ1) is 13.0. The summed E-state index contributed by atoms with van der Waals surface area (Å²) in [5.74, 6) is -0.531. The van der Waals surface area contributed by atoms with Gasteiger partial charge in [-0.2, -0.15) is 0 Å². The SMILES string of the molecule is O[C@@H]1[C@@H](O)[C@H](n2cc(Cc3ccccc3)c3cc(F)c(Cl)cc32)OC[C@H]1O. The first-order valence-electron chi connectivity index (χ1n) is 8.64. The van der Waals surface area contributed by atoms with E-state index in [1.54, 1.807) is 10.8 Å². The second-order valence-corrected chi connectivity index (χ2v) is 7.19. The van der Waals surface area contributed by atoms with Crippen LogP contribution in [0.2, 0.25) is 5.02 Å². The first-order valence-corrected chi connectivity index (χ1v) is 9.01. The van der Waals surface area contributed by atoms with E-state index in [9.17, 15) is 19.7 Å². The number of benzene rings is 2. The van der Waals surface area contributed by atoms with Crippen LogP contribution in [0.15, 0.2) is 48.7 Å². The molecule has 2 heterocycles. The largest absolute Gasteiger partial charge is 0.388 e. The number of nitrogens with zero attached hydrogens (tertiary/aromatic N) is 1. The third-order valence-electron chi connectivity index (χ3n) is 4.94. The molecule has 1 saturated heterocycles. The molecule has 0 saturated carbocycles. The van der Waals surface area contributed by atoms with Gasteiger partial charge in [-0.15, -0.1) is 0 Å². The highest BCUT2D eigenvalue weighted by Gasteiger charge is 2.39. The fraction of sp³-hybridized carbons (Fsp3) is 0.300. The zero-order valence-corrected chi connectivity index (χ0v) is 15.1. The van der Waals surface area contributed by atoms with Crippen LogP contribution in [0.4, 0.5) is 4.39 Å². The van der Waals surface area contributed by atoms with E-state index >= 15 is 0 Å². The number of aromatic nitrogens is 1. The van der Waals surface area contributed by atoms with Gasteiger partial charge in [0.15, 0.2) is 6.23 Å². The van der Waals surface area contributed by atoms with Crippen molar-refractivity contribution >= 4 is 22.5 Å². The average Bonchev–Trinajstić information content (AvgIpc) is 2.98. The first kappa shape index (κ1) is 18.4. The summed E-state index contributed by atoms with van der Waals surface area (Å²) in [5, 5.41) is 30.7. The van der Waals surface area contributed by atoms with Crippen molar-refractivity contribution in [2.75, 3.05) is 6.61 Å². The lowest BCUT2D eigenvalue weighted by Gasteiger charge is -2.36. The number of fused-ring (bicyclic) bond motifs is 1. The summed E-state index contributed by atoms with van der Waals surface area (Å²) in [6.45, 7) is -0.120. The number of rotatable bonds is 3. The number of hydrogen-bond donors (Lipinski definition) is 3. The quantitative estimate of drug-likeness (QED) is 0.641. The van der Waals surface area contributed by atoms with Gasteiger partial charge in [-0.25, -0.2) is 4.39 Å². The summed E-state index contributed by atoms with van der Waals surface area (Å²) in [4.78, 5) is 0. The Hall–Kier alpha value is -1.96. The summed E-state index contributed by atoms with van der Waals surface area (Å²) >= 11 is 5.98. The lowest BCUT2D eigenvalue weighted by Crippen LogP contribution is -2.50. The Labute approximate surface area is 160 Å². The Morgan fingerprint density at radius 1 is 1.11 bits per heavy atom. The van der Waals surface area contributed by atoms with E-state index in [2.05, 4.69) is 0 Å². The minimum absolute atomic E-state index is 0.0426. The molecule has 0 unspecified atom stereocenters. The number of ether oxygens (including phenoxy) is 1. The lowest BCUT2D eigenvalue weighted by atomic mass is 10.0. The van der Waals surface area contributed by atoms with Crippen molar-refractivity contribution in [1.29, 1.82) is 0 Å². The van der Waals surface area contributed by atoms with E-state index in [-0.39, 0.29) is 11.6 Å². The van der Waals surface area contributed by atoms with Crippen molar-refractivity contribution in [3.05, 3.63) is 70.6 Å². The molecule has 1 aliphatic heterocycles. The fourth-order valence-corrected chi connectivity index (χ4v) is 3.67. The molecule has 1 aliphatic rings. The second-order valence-electron chi connectivity index (χ2n) is 6.78. The van der Waals surface area contributed by atoms with Crippen LogP contribution in [0.25, 0.3) is 10.9 Å². The molecule has 3 aromatic rings. The van der Waals surface area contributed by atoms with Crippen molar-refractivity contribution in [3.8, 4) is 0 Å². The third kappa shape index (κ3) is 3.35. The van der Waals surface area contributed by atoms with Crippen molar-refractivity contribution in [2.24, 2.45) is 0 Å². The van der Waals surface area contributed by atoms with Crippen LogP contribution in [0.1, 0.15) is 17.4 Å². The molecule has 1 fully saturated rings. The topological polar surface area (TPSA) is 74.9 Å². The number of aliphatic hydroxyl groups is 3. The predicted octanol–water partition coefficient (Wildman–Crippen LogP) is 2.64. The summed E-state index contributed by atoms with van der Waals surface area (Å²) in [6.07, 6.45) is -2.43. The Bertz CT molecular complexity index is 962. The van der Waals surface area contributed by atoms with Gasteiger partial charge in [-0.1, -0.05) is 41.9 Å². The van der Waals surface area contributed by atoms with Gasteiger partial charge in [0.05, 0.1) is 17.1 Å². The van der Waals surface area contributed by atoms with Crippen molar-refractivity contribution in [1.82, 2.24) is 4.57 Å². The van der Waals surface area contributed by atoms with Gasteiger partial charge in [0.25, 0.3) is 0 Å². The highest BCUT2D eigenvalue weighted by Crippen LogP contribution is 2.34. The van der Waals surface area contributed by atoms with Gasteiger partial charge >= 0.3 is 0 Å². The lowest BCUT2D eigenvalue weighted by molar-refractivity contribution is -0.209. The van der Waals surface area contributed by atoms with Crippen molar-refractivity contribution in [3.63, 3.8) is 0 Å². The van der Waals surface area contributed by atoms with Gasteiger partial charge in [0.1, 0.15) is 24.1 Å². The maximum atomic E-state index is 14.1. The molecule has 0 bridgehead atoms. The van der Waals surface area contributed by atoms with Crippen LogP contribution in [-0.2, 0) is 11.2 Å². The Morgan fingerprint density at radius 3 is 2.59 bits per heavy atom. The number of aliphatic hydroxyl groups excluding tert-OH is 3. The molecule has 4 rings (SSSR count). The van der Waals surface area contributed by atoms with Crippen molar-refractivity contribution in [2.45, 2.75) is 31.0 Å². The van der Waals surface area contributed by atoms with Crippen LogP contribution in [0.5, 0.6) is 0 Å². The van der Waals surface area contributed by atoms with Crippen LogP contribution in [-0.4, -0.2) is 44.8 Å². The molecule has 4 atom stereocenters. The van der Waals surface area contributed by atoms with Gasteiger partial charge in [0, 0.05) is 11.6 Å². The van der Waals surface area contributed by atoms with Gasteiger partial charge in [-0.05, 0) is 29.7 Å². The molecule has 0 radical (unpaired) electrons. The van der Waals surface area contributed by atoms with E-state index in [4.69, 9.17) is 16.3 Å². The Kier molecular flexibility index (Phi) is 4.92. The molecular weight excluding hydrogens is 373 g/mol. The summed E-state index contributed by atoms with van der Waals surface area (Å²) in [5.41, 5.74) is 2.47. The standard InChI is InChI=1S/C20H19ClFNO4/c21-14-8-16-13(7-15(14)22)12(6-11-4-2-1-3-5-11)9-23(16)20-19(26)18(25)17(24)10-27-20/h1-5,7-9,17-20,24-26H,6,10H2/t17-,18+,19-,20-/m1/s1. The maximum Gasteiger partial charge on any atom is 0.162 e. The predicted molar refractivity (Wildman–Crippen MR) is 99.2 cm³/mol. The van der Waals surface area contributed by atoms with Gasteiger partial charge in [0.2, 0.25) is 0 Å². The van der Waals surface area contributed by atoms with Gasteiger partial charge in [-0.3, -0.25) is 0 Å². The highest BCUT2D eigenvalue weighted by atomic mass is 35.5. The molecule has 142 valence electrons. The van der Waals surface area contributed by atoms with Crippen molar-refractivity contribution < 1.29 is 24.4 Å². The molecule has 3 N–H and O–H groups in total. The van der Waals surface area contributed by atoms with E-state index in [1.165, 1.54) is 12.1 Å². The maximum absolute atomic E-state index is 14.1. The van der Waals surface area contributed by atoms with Crippen LogP contribution in [0.3, 0.4) is 0 Å². The fourth-order valence-electron chi connectivity index (χ4n) is 3.52. The number of hydrogen-bond acceptors (Lipinski definition) is 4. The van der Waals surface area contributed by atoms with E-state index in [0.717, 1.165) is 11.1 Å². The van der Waals surface area contributed by atoms with E-state index in [0.29, 0.717) is 17.3 Å². The van der Waals surface area contributed by atoms with Crippen LogP contribution < -0.4 is 0 Å². The van der Waals surface area contributed by atoms with Crippen LogP contribution >= 0.6 is 11.6 Å². The minimum atomic E-state index is -1.34. The molecule has 0 amide bonds. The molecule has 7 heteroatoms. The molecular formula is C20H19ClFNO4. The molecule has 0 spiro atoms. The summed E-state index contributed by atoms with van der Waals surface area (Å²) in [7, 11) is 0. The normalized spacial score (nSPS) is 25.8. The van der Waals surface area contributed by atoms with E-state index in [1.807, 2.05) is 30.3 Å². The molecule has 5 nitrogen and oxygen atoms in total. The monoisotopic (exact) mass is 391 g/mol. The zero-order chi connectivity index (χ0) is 19.1.